The number of amides is 2. The van der Waals surface area contributed by atoms with E-state index < -0.39 is 0 Å². The summed E-state index contributed by atoms with van der Waals surface area (Å²) in [5.74, 6) is 0.495. The maximum atomic E-state index is 11.9. The van der Waals surface area contributed by atoms with E-state index in [-0.39, 0.29) is 17.9 Å². The monoisotopic (exact) mass is 254 g/mol. The molecule has 1 atom stereocenters. The number of thiophene rings is 1. The van der Waals surface area contributed by atoms with E-state index in [0.29, 0.717) is 30.0 Å². The molecule has 1 fully saturated rings. The second-order valence-corrected chi connectivity index (χ2v) is 4.75. The average Bonchev–Trinajstić information content (AvgIpc) is 2.80. The number of carbonyl (C=O) groups excluding carboxylic acids is 2. The molecule has 0 aliphatic carbocycles. The predicted octanol–water partition coefficient (Wildman–Crippen LogP) is 0.765. The summed E-state index contributed by atoms with van der Waals surface area (Å²) >= 11 is 1.35. The maximum absolute atomic E-state index is 11.9. The van der Waals surface area contributed by atoms with Gasteiger partial charge in [-0.1, -0.05) is 0 Å². The Kier molecular flexibility index (Phi) is 3.63. The van der Waals surface area contributed by atoms with Gasteiger partial charge in [-0.3, -0.25) is 9.59 Å². The second-order valence-electron chi connectivity index (χ2n) is 3.83. The average molecular weight is 254 g/mol. The minimum atomic E-state index is -0.141. The van der Waals surface area contributed by atoms with Gasteiger partial charge < -0.3 is 15.4 Å². The standard InChI is InChI=1S/C11H14N2O3S/c1-16-8-4-5-17-10(8)11(15)13-7-2-3-9(14)12-6-7/h4-5,7H,2-3,6H2,1H3,(H,12,14)(H,13,15). The zero-order valence-corrected chi connectivity index (χ0v) is 10.3. The minimum absolute atomic E-state index is 0.00649. The molecule has 6 heteroatoms. The number of nitrogens with one attached hydrogen (secondary N) is 2. The molecule has 5 nitrogen and oxygen atoms in total. The molecule has 0 aromatic carbocycles. The van der Waals surface area contributed by atoms with E-state index in [0.717, 1.165) is 0 Å². The van der Waals surface area contributed by atoms with Gasteiger partial charge in [-0.2, -0.15) is 0 Å². The zero-order chi connectivity index (χ0) is 12.3. The van der Waals surface area contributed by atoms with Gasteiger partial charge >= 0.3 is 0 Å². The summed E-state index contributed by atoms with van der Waals surface area (Å²) in [5, 5.41) is 7.44. The van der Waals surface area contributed by atoms with Gasteiger partial charge in [0.05, 0.1) is 7.11 Å². The van der Waals surface area contributed by atoms with Gasteiger partial charge in [-0.15, -0.1) is 11.3 Å². The van der Waals surface area contributed by atoms with Crippen LogP contribution in [0.4, 0.5) is 0 Å². The van der Waals surface area contributed by atoms with Crippen molar-refractivity contribution in [2.75, 3.05) is 13.7 Å². The Morgan fingerprint density at radius 3 is 3.12 bits per heavy atom. The molecule has 1 aromatic heterocycles. The molecule has 1 saturated heterocycles. The molecule has 1 aliphatic rings. The molecule has 0 saturated carbocycles. The highest BCUT2D eigenvalue weighted by Gasteiger charge is 2.22. The van der Waals surface area contributed by atoms with Crippen LogP contribution < -0.4 is 15.4 Å². The van der Waals surface area contributed by atoms with Crippen LogP contribution in [0.5, 0.6) is 5.75 Å². The van der Waals surface area contributed by atoms with Crippen molar-refractivity contribution in [1.82, 2.24) is 10.6 Å². The van der Waals surface area contributed by atoms with Gasteiger partial charge in [-0.25, -0.2) is 0 Å². The SMILES string of the molecule is COc1ccsc1C(=O)NC1CCC(=O)NC1. The molecule has 1 aromatic rings. The topological polar surface area (TPSA) is 67.4 Å². The van der Waals surface area contributed by atoms with Crippen LogP contribution in [0.25, 0.3) is 0 Å². The number of methoxy groups -OCH3 is 1. The van der Waals surface area contributed by atoms with E-state index in [4.69, 9.17) is 4.74 Å². The fourth-order valence-corrected chi connectivity index (χ4v) is 2.49. The van der Waals surface area contributed by atoms with E-state index in [1.807, 2.05) is 5.38 Å². The van der Waals surface area contributed by atoms with Gasteiger partial charge in [0.1, 0.15) is 10.6 Å². The molecule has 2 amide bonds. The molecule has 92 valence electrons. The molecule has 1 aliphatic heterocycles. The third-order valence-electron chi connectivity index (χ3n) is 2.66. The normalized spacial score (nSPS) is 19.6. The highest BCUT2D eigenvalue weighted by atomic mass is 32.1. The summed E-state index contributed by atoms with van der Waals surface area (Å²) < 4.78 is 5.09. The first-order valence-electron chi connectivity index (χ1n) is 5.39. The largest absolute Gasteiger partial charge is 0.495 e. The van der Waals surface area contributed by atoms with Crippen LogP contribution in [0.1, 0.15) is 22.5 Å². The molecule has 2 rings (SSSR count). The Morgan fingerprint density at radius 2 is 2.47 bits per heavy atom. The Hall–Kier alpha value is -1.56. The van der Waals surface area contributed by atoms with Crippen LogP contribution in [0.15, 0.2) is 11.4 Å². The first-order chi connectivity index (χ1) is 8.20. The van der Waals surface area contributed by atoms with Crippen molar-refractivity contribution in [3.05, 3.63) is 16.3 Å². The second kappa shape index (κ2) is 5.18. The van der Waals surface area contributed by atoms with Crippen molar-refractivity contribution in [2.45, 2.75) is 18.9 Å². The smallest absolute Gasteiger partial charge is 0.265 e. The lowest BCUT2D eigenvalue weighted by atomic mass is 10.1. The highest BCUT2D eigenvalue weighted by Crippen LogP contribution is 2.24. The molecular formula is C11H14N2O3S. The first kappa shape index (κ1) is 11.9. The van der Waals surface area contributed by atoms with Gasteiger partial charge in [0, 0.05) is 19.0 Å². The minimum Gasteiger partial charge on any atom is -0.495 e. The van der Waals surface area contributed by atoms with Crippen molar-refractivity contribution < 1.29 is 14.3 Å². The summed E-state index contributed by atoms with van der Waals surface area (Å²) in [6.45, 7) is 0.498. The van der Waals surface area contributed by atoms with Crippen molar-refractivity contribution >= 4 is 23.2 Å². The van der Waals surface area contributed by atoms with Crippen molar-refractivity contribution in [1.29, 1.82) is 0 Å². The molecule has 17 heavy (non-hydrogen) atoms. The van der Waals surface area contributed by atoms with Crippen LogP contribution in [0.3, 0.4) is 0 Å². The molecule has 1 unspecified atom stereocenters. The Balaban J connectivity index is 1.95. The van der Waals surface area contributed by atoms with E-state index in [9.17, 15) is 9.59 Å². The molecule has 0 spiro atoms. The third-order valence-corrected chi connectivity index (χ3v) is 3.55. The van der Waals surface area contributed by atoms with E-state index >= 15 is 0 Å². The fourth-order valence-electron chi connectivity index (χ4n) is 1.73. The van der Waals surface area contributed by atoms with Crippen LogP contribution in [-0.4, -0.2) is 31.5 Å². The highest BCUT2D eigenvalue weighted by molar-refractivity contribution is 7.12. The Labute approximate surface area is 103 Å². The molecule has 0 bridgehead atoms. The summed E-state index contributed by atoms with van der Waals surface area (Å²) in [5.41, 5.74) is 0. The van der Waals surface area contributed by atoms with Crippen molar-refractivity contribution in [3.63, 3.8) is 0 Å². The Bertz CT molecular complexity index is 420. The number of rotatable bonds is 3. The maximum Gasteiger partial charge on any atom is 0.265 e. The number of hydrogen-bond donors (Lipinski definition) is 2. The summed E-state index contributed by atoms with van der Waals surface area (Å²) in [4.78, 5) is 23.5. The molecule has 0 radical (unpaired) electrons. The fraction of sp³-hybridized carbons (Fsp3) is 0.455. The van der Waals surface area contributed by atoms with E-state index in [1.54, 1.807) is 13.2 Å². The lowest BCUT2D eigenvalue weighted by Gasteiger charge is -2.23. The summed E-state index contributed by atoms with van der Waals surface area (Å²) in [6, 6.07) is 1.77. The van der Waals surface area contributed by atoms with E-state index in [2.05, 4.69) is 10.6 Å². The Morgan fingerprint density at radius 1 is 1.65 bits per heavy atom. The summed E-state index contributed by atoms with van der Waals surface area (Å²) in [6.07, 6.45) is 1.15. The van der Waals surface area contributed by atoms with Gasteiger partial charge in [0.2, 0.25) is 5.91 Å². The van der Waals surface area contributed by atoms with Gasteiger partial charge in [-0.05, 0) is 17.9 Å². The first-order valence-corrected chi connectivity index (χ1v) is 6.27. The lowest BCUT2D eigenvalue weighted by molar-refractivity contribution is -0.122. The summed E-state index contributed by atoms with van der Waals surface area (Å²) in [7, 11) is 1.54. The predicted molar refractivity (Wildman–Crippen MR) is 64.4 cm³/mol. The van der Waals surface area contributed by atoms with Crippen molar-refractivity contribution in [2.24, 2.45) is 0 Å². The molecule has 2 N–H and O–H groups in total. The molecule has 2 heterocycles. The van der Waals surface area contributed by atoms with Crippen LogP contribution in [-0.2, 0) is 4.79 Å². The van der Waals surface area contributed by atoms with Gasteiger partial charge in [0.15, 0.2) is 0 Å². The zero-order valence-electron chi connectivity index (χ0n) is 9.49. The van der Waals surface area contributed by atoms with E-state index in [1.165, 1.54) is 11.3 Å². The number of hydrogen-bond acceptors (Lipinski definition) is 4. The number of carbonyl (C=O) groups is 2. The van der Waals surface area contributed by atoms with Crippen molar-refractivity contribution in [3.8, 4) is 5.75 Å². The number of ether oxygens (including phenoxy) is 1. The van der Waals surface area contributed by atoms with Crippen LogP contribution >= 0.6 is 11.3 Å². The van der Waals surface area contributed by atoms with Gasteiger partial charge in [0.25, 0.3) is 5.91 Å². The van der Waals surface area contributed by atoms with Crippen LogP contribution in [0, 0.1) is 0 Å². The quantitative estimate of drug-likeness (QED) is 0.837. The third kappa shape index (κ3) is 2.76. The molecular weight excluding hydrogens is 240 g/mol. The number of piperidine rings is 1. The van der Waals surface area contributed by atoms with Crippen LogP contribution in [0.2, 0.25) is 0 Å². The lowest BCUT2D eigenvalue weighted by Crippen LogP contribution is -2.47.